The molecule has 1 aromatic carbocycles. The van der Waals surface area contributed by atoms with Gasteiger partial charge in [-0.25, -0.2) is 0 Å². The number of likely N-dealkylation sites (tertiary alicyclic amines) is 1. The monoisotopic (exact) mass is 361 g/mol. The van der Waals surface area contributed by atoms with E-state index in [2.05, 4.69) is 25.7 Å². The van der Waals surface area contributed by atoms with Gasteiger partial charge in [-0.2, -0.15) is 0 Å². The third-order valence-electron chi connectivity index (χ3n) is 4.96. The van der Waals surface area contributed by atoms with Gasteiger partial charge in [-0.3, -0.25) is 9.59 Å². The summed E-state index contributed by atoms with van der Waals surface area (Å²) in [4.78, 5) is 26.1. The van der Waals surface area contributed by atoms with E-state index in [4.69, 9.17) is 4.74 Å². The Hall–Kier alpha value is -1.88. The van der Waals surface area contributed by atoms with E-state index in [0.29, 0.717) is 37.4 Å². The number of piperidine rings is 1. The van der Waals surface area contributed by atoms with E-state index < -0.39 is 5.97 Å². The van der Waals surface area contributed by atoms with Gasteiger partial charge in [0.2, 0.25) is 0 Å². The number of Topliss-reactive ketones (excluding diaryl/α,β-unsaturated/α-hetero) is 1. The van der Waals surface area contributed by atoms with Crippen LogP contribution in [-0.4, -0.2) is 48.0 Å². The lowest BCUT2D eigenvalue weighted by Crippen LogP contribution is -2.39. The van der Waals surface area contributed by atoms with Gasteiger partial charge >= 0.3 is 5.97 Å². The molecule has 0 saturated carbocycles. The van der Waals surface area contributed by atoms with Crippen LogP contribution in [-0.2, 0) is 10.2 Å². The number of benzene rings is 1. The second-order valence-corrected chi connectivity index (χ2v) is 8.05. The summed E-state index contributed by atoms with van der Waals surface area (Å²) in [6.07, 6.45) is 1.97. The SMILES string of the molecule is CCOc1ccc(C(C)(C)C)cc1C(=O)CCN1CCCC(C(=O)O)C1. The van der Waals surface area contributed by atoms with Crippen LogP contribution in [0.3, 0.4) is 0 Å². The molecule has 1 aromatic rings. The highest BCUT2D eigenvalue weighted by Crippen LogP contribution is 2.29. The molecule has 0 spiro atoms. The standard InChI is InChI=1S/C21H31NO4/c1-5-26-19-9-8-16(21(2,3)4)13-17(19)18(23)10-12-22-11-6-7-15(14-22)20(24)25/h8-9,13,15H,5-7,10-12,14H2,1-4H3,(H,24,25). The molecule has 1 unspecified atom stereocenters. The number of rotatable bonds is 7. The van der Waals surface area contributed by atoms with Gasteiger partial charge in [-0.05, 0) is 49.4 Å². The average molecular weight is 361 g/mol. The van der Waals surface area contributed by atoms with Crippen molar-refractivity contribution in [1.29, 1.82) is 0 Å². The van der Waals surface area contributed by atoms with Gasteiger partial charge in [-0.1, -0.05) is 26.8 Å². The fraction of sp³-hybridized carbons (Fsp3) is 0.619. The summed E-state index contributed by atoms with van der Waals surface area (Å²) in [6, 6.07) is 5.85. The topological polar surface area (TPSA) is 66.8 Å². The summed E-state index contributed by atoms with van der Waals surface area (Å²) in [5, 5.41) is 9.20. The molecule has 0 amide bonds. The molecule has 26 heavy (non-hydrogen) atoms. The number of carbonyl (C=O) groups excluding carboxylic acids is 1. The largest absolute Gasteiger partial charge is 0.493 e. The molecule has 1 aliphatic heterocycles. The second-order valence-electron chi connectivity index (χ2n) is 8.05. The van der Waals surface area contributed by atoms with Crippen molar-refractivity contribution in [1.82, 2.24) is 4.90 Å². The quantitative estimate of drug-likeness (QED) is 0.749. The van der Waals surface area contributed by atoms with Crippen LogP contribution in [0.5, 0.6) is 5.75 Å². The van der Waals surface area contributed by atoms with E-state index in [0.717, 1.165) is 24.9 Å². The Kier molecular flexibility index (Phi) is 6.81. The molecule has 5 nitrogen and oxygen atoms in total. The van der Waals surface area contributed by atoms with Crippen LogP contribution < -0.4 is 4.74 Å². The number of ketones is 1. The van der Waals surface area contributed by atoms with Crippen molar-refractivity contribution in [3.63, 3.8) is 0 Å². The van der Waals surface area contributed by atoms with E-state index in [1.165, 1.54) is 0 Å². The van der Waals surface area contributed by atoms with Crippen molar-refractivity contribution in [3.05, 3.63) is 29.3 Å². The number of hydrogen-bond acceptors (Lipinski definition) is 4. The number of aliphatic carboxylic acids is 1. The van der Waals surface area contributed by atoms with E-state index in [1.54, 1.807) is 0 Å². The van der Waals surface area contributed by atoms with Crippen LogP contribution in [0.1, 0.15) is 62.9 Å². The third-order valence-corrected chi connectivity index (χ3v) is 4.96. The average Bonchev–Trinajstić information content (AvgIpc) is 2.59. The summed E-state index contributed by atoms with van der Waals surface area (Å²) < 4.78 is 5.65. The minimum atomic E-state index is -0.738. The normalized spacial score (nSPS) is 18.5. The Balaban J connectivity index is 2.09. The fourth-order valence-corrected chi connectivity index (χ4v) is 3.35. The summed E-state index contributed by atoms with van der Waals surface area (Å²) in [7, 11) is 0. The van der Waals surface area contributed by atoms with Crippen molar-refractivity contribution in [2.24, 2.45) is 5.92 Å². The molecular formula is C21H31NO4. The molecule has 1 N–H and O–H groups in total. The Morgan fingerprint density at radius 2 is 2.04 bits per heavy atom. The predicted octanol–water partition coefficient (Wildman–Crippen LogP) is 3.75. The number of carboxylic acids is 1. The molecule has 1 atom stereocenters. The summed E-state index contributed by atoms with van der Waals surface area (Å²) in [6.45, 7) is 10.8. The van der Waals surface area contributed by atoms with Gasteiger partial charge in [0.1, 0.15) is 5.75 Å². The van der Waals surface area contributed by atoms with Crippen molar-refractivity contribution in [3.8, 4) is 5.75 Å². The fourth-order valence-electron chi connectivity index (χ4n) is 3.35. The zero-order valence-electron chi connectivity index (χ0n) is 16.4. The molecular weight excluding hydrogens is 330 g/mol. The Labute approximate surface area is 156 Å². The number of carboxylic acid groups (broad SMARTS) is 1. The first kappa shape index (κ1) is 20.4. The molecule has 0 radical (unpaired) electrons. The highest BCUT2D eigenvalue weighted by atomic mass is 16.5. The smallest absolute Gasteiger partial charge is 0.307 e. The van der Waals surface area contributed by atoms with Crippen LogP contribution in [0, 0.1) is 5.92 Å². The van der Waals surface area contributed by atoms with E-state index >= 15 is 0 Å². The molecule has 144 valence electrons. The van der Waals surface area contributed by atoms with Crippen LogP contribution in [0.25, 0.3) is 0 Å². The Morgan fingerprint density at radius 3 is 2.65 bits per heavy atom. The molecule has 1 aliphatic rings. The molecule has 1 fully saturated rings. The second kappa shape index (κ2) is 8.67. The summed E-state index contributed by atoms with van der Waals surface area (Å²) >= 11 is 0. The lowest BCUT2D eigenvalue weighted by Gasteiger charge is -2.30. The van der Waals surface area contributed by atoms with Crippen LogP contribution in [0.2, 0.25) is 0 Å². The van der Waals surface area contributed by atoms with Gasteiger partial charge in [-0.15, -0.1) is 0 Å². The van der Waals surface area contributed by atoms with E-state index in [-0.39, 0.29) is 17.1 Å². The first-order chi connectivity index (χ1) is 12.2. The van der Waals surface area contributed by atoms with Gasteiger partial charge < -0.3 is 14.7 Å². The maximum absolute atomic E-state index is 12.9. The number of carbonyl (C=O) groups is 2. The van der Waals surface area contributed by atoms with Gasteiger partial charge in [0.25, 0.3) is 0 Å². The van der Waals surface area contributed by atoms with Crippen molar-refractivity contribution in [2.75, 3.05) is 26.2 Å². The lowest BCUT2D eigenvalue weighted by atomic mass is 9.85. The summed E-state index contributed by atoms with van der Waals surface area (Å²) in [5.41, 5.74) is 1.70. The maximum atomic E-state index is 12.9. The van der Waals surface area contributed by atoms with Crippen molar-refractivity contribution in [2.45, 2.75) is 52.4 Å². The minimum Gasteiger partial charge on any atom is -0.493 e. The van der Waals surface area contributed by atoms with E-state index in [1.807, 2.05) is 25.1 Å². The first-order valence-electron chi connectivity index (χ1n) is 9.48. The zero-order valence-corrected chi connectivity index (χ0v) is 16.4. The molecule has 1 heterocycles. The number of hydrogen-bond donors (Lipinski definition) is 1. The Morgan fingerprint density at radius 1 is 1.31 bits per heavy atom. The third kappa shape index (κ3) is 5.31. The van der Waals surface area contributed by atoms with Crippen LogP contribution >= 0.6 is 0 Å². The molecule has 1 saturated heterocycles. The predicted molar refractivity (Wildman–Crippen MR) is 102 cm³/mol. The first-order valence-corrected chi connectivity index (χ1v) is 9.48. The van der Waals surface area contributed by atoms with Crippen molar-refractivity contribution < 1.29 is 19.4 Å². The van der Waals surface area contributed by atoms with Gasteiger partial charge in [0, 0.05) is 19.5 Å². The molecule has 0 aliphatic carbocycles. The van der Waals surface area contributed by atoms with E-state index in [9.17, 15) is 14.7 Å². The molecule has 0 bridgehead atoms. The van der Waals surface area contributed by atoms with Gasteiger partial charge in [0.05, 0.1) is 18.1 Å². The number of ether oxygens (including phenoxy) is 1. The summed E-state index contributed by atoms with van der Waals surface area (Å²) in [5.74, 6) is -0.371. The highest BCUT2D eigenvalue weighted by molar-refractivity contribution is 5.99. The lowest BCUT2D eigenvalue weighted by molar-refractivity contribution is -0.143. The molecule has 0 aromatic heterocycles. The zero-order chi connectivity index (χ0) is 19.3. The maximum Gasteiger partial charge on any atom is 0.307 e. The molecule has 2 rings (SSSR count). The van der Waals surface area contributed by atoms with Crippen molar-refractivity contribution >= 4 is 11.8 Å². The van der Waals surface area contributed by atoms with Crippen LogP contribution in [0.4, 0.5) is 0 Å². The van der Waals surface area contributed by atoms with Crippen LogP contribution in [0.15, 0.2) is 18.2 Å². The highest BCUT2D eigenvalue weighted by Gasteiger charge is 2.26. The number of nitrogens with zero attached hydrogens (tertiary/aromatic N) is 1. The minimum absolute atomic E-state index is 0.0403. The Bertz CT molecular complexity index is 648. The molecule has 5 heteroatoms. The van der Waals surface area contributed by atoms with Gasteiger partial charge in [0.15, 0.2) is 5.78 Å².